The Kier molecular flexibility index (Phi) is 6.54. The summed E-state index contributed by atoms with van der Waals surface area (Å²) in [7, 11) is 0. The van der Waals surface area contributed by atoms with Crippen molar-refractivity contribution >= 4 is 0 Å². The van der Waals surface area contributed by atoms with Crippen LogP contribution in [0.15, 0.2) is 60.9 Å². The Morgan fingerprint density at radius 1 is 0.833 bits per heavy atom. The number of nitrogens with zero attached hydrogens (tertiary/aromatic N) is 3. The van der Waals surface area contributed by atoms with Gasteiger partial charge in [-0.3, -0.25) is 0 Å². The molecule has 0 saturated heterocycles. The second kappa shape index (κ2) is 9.67. The molecule has 1 aliphatic carbocycles. The van der Waals surface area contributed by atoms with Crippen LogP contribution in [0, 0.1) is 17.2 Å². The number of aromatic nitrogens is 2. The maximum Gasteiger partial charge on any atom is 0.159 e. The van der Waals surface area contributed by atoms with E-state index in [0.29, 0.717) is 17.3 Å². The van der Waals surface area contributed by atoms with Crippen molar-refractivity contribution in [2.45, 2.75) is 57.8 Å². The molecule has 3 aromatic rings. The van der Waals surface area contributed by atoms with Gasteiger partial charge in [-0.2, -0.15) is 5.26 Å². The van der Waals surface area contributed by atoms with Crippen molar-refractivity contribution in [2.75, 3.05) is 0 Å². The summed E-state index contributed by atoms with van der Waals surface area (Å²) in [4.78, 5) is 9.06. The number of nitriles is 1. The smallest absolute Gasteiger partial charge is 0.159 e. The van der Waals surface area contributed by atoms with Crippen molar-refractivity contribution in [3.05, 3.63) is 72.1 Å². The fourth-order valence-corrected chi connectivity index (χ4v) is 4.55. The minimum atomic E-state index is 0.643. The lowest BCUT2D eigenvalue weighted by Gasteiger charge is -2.29. The third kappa shape index (κ3) is 4.76. The van der Waals surface area contributed by atoms with Crippen LogP contribution in [0.2, 0.25) is 0 Å². The van der Waals surface area contributed by atoms with Crippen molar-refractivity contribution < 1.29 is 0 Å². The van der Waals surface area contributed by atoms with Crippen LogP contribution < -0.4 is 0 Å². The topological polar surface area (TPSA) is 49.6 Å². The molecule has 3 nitrogen and oxygen atoms in total. The number of hydrogen-bond acceptors (Lipinski definition) is 3. The van der Waals surface area contributed by atoms with E-state index in [0.717, 1.165) is 22.6 Å². The molecule has 0 amide bonds. The van der Waals surface area contributed by atoms with Crippen LogP contribution in [0.1, 0.15) is 68.9 Å². The number of unbranched alkanes of at least 4 members (excludes halogenated alkanes) is 1. The molecule has 1 aromatic heterocycles. The van der Waals surface area contributed by atoms with Crippen LogP contribution in [-0.2, 0) is 0 Å². The summed E-state index contributed by atoms with van der Waals surface area (Å²) in [5.74, 6) is 2.35. The molecule has 2 aromatic carbocycles. The monoisotopic (exact) mass is 395 g/mol. The molecule has 0 spiro atoms. The Hall–Kier alpha value is -2.99. The third-order valence-electron chi connectivity index (χ3n) is 6.45. The fourth-order valence-electron chi connectivity index (χ4n) is 4.55. The summed E-state index contributed by atoms with van der Waals surface area (Å²) in [5, 5.41) is 8.93. The Labute approximate surface area is 179 Å². The highest BCUT2D eigenvalue weighted by molar-refractivity contribution is 5.64. The standard InChI is InChI=1S/C27H29N3/c1-2-3-4-20-5-9-22(10-6-20)23-13-15-24(16-14-23)26-18-29-27(30-19-26)25-11-7-21(17-28)8-12-25/h7-8,11-16,18-20,22H,2-6,9-10H2,1H3/t20-,22-. The van der Waals surface area contributed by atoms with E-state index in [-0.39, 0.29) is 0 Å². The zero-order valence-corrected chi connectivity index (χ0v) is 17.7. The highest BCUT2D eigenvalue weighted by Gasteiger charge is 2.21. The second-order valence-electron chi connectivity index (χ2n) is 8.47. The summed E-state index contributed by atoms with van der Waals surface area (Å²) in [5.41, 5.74) is 5.22. The molecule has 1 fully saturated rings. The van der Waals surface area contributed by atoms with Crippen molar-refractivity contribution in [3.63, 3.8) is 0 Å². The predicted molar refractivity (Wildman–Crippen MR) is 122 cm³/mol. The lowest BCUT2D eigenvalue weighted by molar-refractivity contribution is 0.304. The predicted octanol–water partition coefficient (Wildman–Crippen LogP) is 7.15. The summed E-state index contributed by atoms with van der Waals surface area (Å²) in [6.07, 6.45) is 13.3. The van der Waals surface area contributed by atoms with E-state index < -0.39 is 0 Å². The van der Waals surface area contributed by atoms with Gasteiger partial charge in [-0.1, -0.05) is 50.5 Å². The molecule has 30 heavy (non-hydrogen) atoms. The van der Waals surface area contributed by atoms with Crippen LogP contribution in [0.3, 0.4) is 0 Å². The molecule has 0 N–H and O–H groups in total. The van der Waals surface area contributed by atoms with Crippen LogP contribution in [0.25, 0.3) is 22.5 Å². The molecule has 152 valence electrons. The molecule has 0 radical (unpaired) electrons. The maximum atomic E-state index is 8.93. The molecule has 1 aliphatic rings. The Bertz CT molecular complexity index is 974. The first-order valence-electron chi connectivity index (χ1n) is 11.2. The van der Waals surface area contributed by atoms with Gasteiger partial charge in [0.1, 0.15) is 0 Å². The van der Waals surface area contributed by atoms with E-state index in [1.165, 1.54) is 50.5 Å². The van der Waals surface area contributed by atoms with Crippen LogP contribution in [-0.4, -0.2) is 9.97 Å². The summed E-state index contributed by atoms with van der Waals surface area (Å²) in [6, 6.07) is 18.5. The molecule has 0 aliphatic heterocycles. The Morgan fingerprint density at radius 2 is 1.47 bits per heavy atom. The van der Waals surface area contributed by atoms with Gasteiger partial charge in [0.25, 0.3) is 0 Å². The van der Waals surface area contributed by atoms with E-state index in [9.17, 15) is 0 Å². The van der Waals surface area contributed by atoms with Crippen molar-refractivity contribution in [1.82, 2.24) is 9.97 Å². The molecule has 0 atom stereocenters. The van der Waals surface area contributed by atoms with Crippen LogP contribution >= 0.6 is 0 Å². The van der Waals surface area contributed by atoms with Gasteiger partial charge >= 0.3 is 0 Å². The first-order chi connectivity index (χ1) is 14.8. The van der Waals surface area contributed by atoms with E-state index in [4.69, 9.17) is 5.26 Å². The zero-order valence-electron chi connectivity index (χ0n) is 17.7. The molecular formula is C27H29N3. The first-order valence-corrected chi connectivity index (χ1v) is 11.2. The van der Waals surface area contributed by atoms with Gasteiger partial charge in [-0.05, 0) is 72.9 Å². The van der Waals surface area contributed by atoms with Gasteiger partial charge in [-0.15, -0.1) is 0 Å². The van der Waals surface area contributed by atoms with E-state index in [1.807, 2.05) is 24.5 Å². The van der Waals surface area contributed by atoms with Gasteiger partial charge in [-0.25, -0.2) is 9.97 Å². The number of hydrogen-bond donors (Lipinski definition) is 0. The van der Waals surface area contributed by atoms with Crippen LogP contribution in [0.4, 0.5) is 0 Å². The zero-order chi connectivity index (χ0) is 20.8. The Balaban J connectivity index is 1.40. The Morgan fingerprint density at radius 3 is 2.07 bits per heavy atom. The summed E-state index contributed by atoms with van der Waals surface area (Å²) >= 11 is 0. The fraction of sp³-hybridized carbons (Fsp3) is 0.370. The number of benzene rings is 2. The second-order valence-corrected chi connectivity index (χ2v) is 8.47. The van der Waals surface area contributed by atoms with E-state index in [2.05, 4.69) is 47.2 Å². The first kappa shape index (κ1) is 20.3. The number of rotatable bonds is 6. The van der Waals surface area contributed by atoms with Crippen molar-refractivity contribution in [3.8, 4) is 28.6 Å². The van der Waals surface area contributed by atoms with E-state index >= 15 is 0 Å². The summed E-state index contributed by atoms with van der Waals surface area (Å²) < 4.78 is 0. The molecule has 1 saturated carbocycles. The molecule has 0 unspecified atom stereocenters. The van der Waals surface area contributed by atoms with Crippen molar-refractivity contribution in [1.29, 1.82) is 5.26 Å². The van der Waals surface area contributed by atoms with Gasteiger partial charge in [0.15, 0.2) is 5.82 Å². The lowest BCUT2D eigenvalue weighted by Crippen LogP contribution is -2.13. The minimum absolute atomic E-state index is 0.643. The molecule has 0 bridgehead atoms. The van der Waals surface area contributed by atoms with Gasteiger partial charge in [0.2, 0.25) is 0 Å². The average molecular weight is 396 g/mol. The SMILES string of the molecule is CCCC[C@H]1CC[C@H](c2ccc(-c3cnc(-c4ccc(C#N)cc4)nc3)cc2)CC1. The van der Waals surface area contributed by atoms with Gasteiger partial charge in [0.05, 0.1) is 11.6 Å². The molecule has 3 heteroatoms. The summed E-state index contributed by atoms with van der Waals surface area (Å²) in [6.45, 7) is 2.29. The largest absolute Gasteiger partial charge is 0.236 e. The van der Waals surface area contributed by atoms with Crippen LogP contribution in [0.5, 0.6) is 0 Å². The molecule has 4 rings (SSSR count). The van der Waals surface area contributed by atoms with Gasteiger partial charge < -0.3 is 0 Å². The molecule has 1 heterocycles. The van der Waals surface area contributed by atoms with Gasteiger partial charge in [0, 0.05) is 23.5 Å². The lowest BCUT2D eigenvalue weighted by atomic mass is 9.77. The quantitative estimate of drug-likeness (QED) is 0.445. The third-order valence-corrected chi connectivity index (χ3v) is 6.45. The maximum absolute atomic E-state index is 8.93. The van der Waals surface area contributed by atoms with E-state index in [1.54, 1.807) is 12.1 Å². The van der Waals surface area contributed by atoms with Crippen molar-refractivity contribution in [2.24, 2.45) is 5.92 Å². The normalized spacial score (nSPS) is 18.7. The molecular weight excluding hydrogens is 366 g/mol. The highest BCUT2D eigenvalue weighted by atomic mass is 14.9. The average Bonchev–Trinajstić information content (AvgIpc) is 2.83. The highest BCUT2D eigenvalue weighted by Crippen LogP contribution is 2.38. The minimum Gasteiger partial charge on any atom is -0.236 e.